The minimum absolute atomic E-state index is 0. The van der Waals surface area contributed by atoms with Gasteiger partial charge in [-0.3, -0.25) is 4.79 Å². The third-order valence-electron chi connectivity index (χ3n) is 4.21. The molecule has 1 aliphatic heterocycles. The van der Waals surface area contributed by atoms with Gasteiger partial charge in [-0.25, -0.2) is 13.1 Å². The Labute approximate surface area is 159 Å². The number of nitrogens with one attached hydrogen (secondary N) is 1. The molecule has 0 spiro atoms. The third-order valence-corrected chi connectivity index (χ3v) is 5.61. The number of amides is 1. The average molecular weight is 396 g/mol. The molecule has 2 aromatic carbocycles. The number of benzene rings is 2. The van der Waals surface area contributed by atoms with E-state index in [-0.39, 0.29) is 35.8 Å². The molecule has 1 atom stereocenters. The summed E-state index contributed by atoms with van der Waals surface area (Å²) in [7, 11) is -3.69. The molecule has 6 nitrogen and oxygen atoms in total. The minimum atomic E-state index is -3.69. The highest BCUT2D eigenvalue weighted by Gasteiger charge is 2.25. The van der Waals surface area contributed by atoms with Crippen molar-refractivity contribution in [3.05, 3.63) is 65.7 Å². The number of carbonyl (C=O) groups is 1. The third kappa shape index (κ3) is 4.82. The van der Waals surface area contributed by atoms with Crippen LogP contribution in [0.2, 0.25) is 0 Å². The predicted octanol–water partition coefficient (Wildman–Crippen LogP) is 1.76. The summed E-state index contributed by atoms with van der Waals surface area (Å²) in [5, 5.41) is 0. The number of likely N-dealkylation sites (tertiary alicyclic amines) is 1. The molecule has 0 aromatic heterocycles. The number of nitrogens with zero attached hydrogens (tertiary/aromatic N) is 1. The van der Waals surface area contributed by atoms with Gasteiger partial charge in [-0.1, -0.05) is 36.4 Å². The lowest BCUT2D eigenvalue weighted by atomic mass is 10.2. The Hall–Kier alpha value is -1.93. The Morgan fingerprint density at radius 2 is 1.88 bits per heavy atom. The Morgan fingerprint density at radius 3 is 2.54 bits per heavy atom. The number of sulfonamides is 1. The fourth-order valence-corrected chi connectivity index (χ4v) is 3.87. The molecule has 0 saturated carbocycles. The van der Waals surface area contributed by atoms with Gasteiger partial charge in [-0.05, 0) is 30.2 Å². The van der Waals surface area contributed by atoms with Gasteiger partial charge in [0.2, 0.25) is 10.0 Å². The van der Waals surface area contributed by atoms with Crippen LogP contribution in [0.15, 0.2) is 59.5 Å². The van der Waals surface area contributed by atoms with Crippen molar-refractivity contribution >= 4 is 28.3 Å². The van der Waals surface area contributed by atoms with Gasteiger partial charge in [0.15, 0.2) is 0 Å². The van der Waals surface area contributed by atoms with Gasteiger partial charge >= 0.3 is 0 Å². The van der Waals surface area contributed by atoms with E-state index in [4.69, 9.17) is 5.73 Å². The second-order valence-corrected chi connectivity index (χ2v) is 7.90. The zero-order valence-electron chi connectivity index (χ0n) is 14.2. The van der Waals surface area contributed by atoms with E-state index >= 15 is 0 Å². The average Bonchev–Trinajstić information content (AvgIpc) is 3.07. The normalized spacial score (nSPS) is 17.0. The van der Waals surface area contributed by atoms with Crippen molar-refractivity contribution in [3.63, 3.8) is 0 Å². The maximum atomic E-state index is 12.5. The smallest absolute Gasteiger partial charge is 0.253 e. The highest BCUT2D eigenvalue weighted by atomic mass is 35.5. The van der Waals surface area contributed by atoms with E-state index in [2.05, 4.69) is 4.72 Å². The van der Waals surface area contributed by atoms with Crippen LogP contribution in [-0.4, -0.2) is 38.4 Å². The molecule has 2 aromatic rings. The number of halogens is 1. The monoisotopic (exact) mass is 395 g/mol. The first-order valence-electron chi connectivity index (χ1n) is 8.14. The van der Waals surface area contributed by atoms with Crippen molar-refractivity contribution in [3.8, 4) is 0 Å². The first-order valence-corrected chi connectivity index (χ1v) is 9.62. The van der Waals surface area contributed by atoms with Crippen molar-refractivity contribution < 1.29 is 13.2 Å². The molecule has 1 heterocycles. The summed E-state index contributed by atoms with van der Waals surface area (Å²) in [5.74, 6) is -0.187. The zero-order chi connectivity index (χ0) is 17.9. The van der Waals surface area contributed by atoms with Crippen LogP contribution < -0.4 is 10.5 Å². The van der Waals surface area contributed by atoms with Gasteiger partial charge < -0.3 is 10.6 Å². The Balaban J connectivity index is 0.00000243. The molecule has 0 radical (unpaired) electrons. The van der Waals surface area contributed by atoms with Crippen molar-refractivity contribution in [2.45, 2.75) is 23.9 Å². The second-order valence-electron chi connectivity index (χ2n) is 6.14. The fourth-order valence-electron chi connectivity index (χ4n) is 2.81. The van der Waals surface area contributed by atoms with Crippen LogP contribution in [-0.2, 0) is 16.6 Å². The molecule has 140 valence electrons. The molecule has 26 heavy (non-hydrogen) atoms. The molecule has 1 amide bonds. The molecule has 1 saturated heterocycles. The molecular formula is C18H22ClN3O3S. The summed E-state index contributed by atoms with van der Waals surface area (Å²) in [6, 6.07) is 15.4. The number of carbonyl (C=O) groups excluding carboxylic acids is 1. The highest BCUT2D eigenvalue weighted by molar-refractivity contribution is 7.89. The van der Waals surface area contributed by atoms with Gasteiger partial charge in [0.25, 0.3) is 5.91 Å². The minimum Gasteiger partial charge on any atom is -0.337 e. The molecule has 0 aliphatic carbocycles. The Bertz CT molecular complexity index is 859. The lowest BCUT2D eigenvalue weighted by molar-refractivity contribution is 0.0790. The number of hydrogen-bond donors (Lipinski definition) is 2. The van der Waals surface area contributed by atoms with Gasteiger partial charge in [0.1, 0.15) is 0 Å². The number of rotatable bonds is 5. The molecule has 3 rings (SSSR count). The van der Waals surface area contributed by atoms with Crippen molar-refractivity contribution in [1.82, 2.24) is 9.62 Å². The lowest BCUT2D eigenvalue weighted by Gasteiger charge is -2.16. The Kier molecular flexibility index (Phi) is 6.77. The maximum absolute atomic E-state index is 12.5. The van der Waals surface area contributed by atoms with E-state index < -0.39 is 10.0 Å². The molecule has 3 N–H and O–H groups in total. The summed E-state index contributed by atoms with van der Waals surface area (Å²) >= 11 is 0. The summed E-state index contributed by atoms with van der Waals surface area (Å²) in [5.41, 5.74) is 7.06. The predicted molar refractivity (Wildman–Crippen MR) is 103 cm³/mol. The SMILES string of the molecule is Cl.N[C@@H]1CCN(C(=O)c2cccc(S(=O)(=O)NCc3ccccc3)c2)C1. The van der Waals surface area contributed by atoms with Crippen LogP contribution in [0.4, 0.5) is 0 Å². The van der Waals surface area contributed by atoms with Crippen LogP contribution in [0, 0.1) is 0 Å². The van der Waals surface area contributed by atoms with Gasteiger partial charge in [-0.2, -0.15) is 0 Å². The van der Waals surface area contributed by atoms with Crippen LogP contribution in [0.25, 0.3) is 0 Å². The fraction of sp³-hybridized carbons (Fsp3) is 0.278. The van der Waals surface area contributed by atoms with E-state index in [1.807, 2.05) is 30.3 Å². The van der Waals surface area contributed by atoms with Crippen LogP contribution in [0.5, 0.6) is 0 Å². The zero-order valence-corrected chi connectivity index (χ0v) is 15.8. The number of nitrogens with two attached hydrogens (primary N) is 1. The topological polar surface area (TPSA) is 92.5 Å². The molecule has 1 aliphatic rings. The Morgan fingerprint density at radius 1 is 1.15 bits per heavy atom. The van der Waals surface area contributed by atoms with Crippen LogP contribution in [0.1, 0.15) is 22.3 Å². The molecule has 8 heteroatoms. The molecule has 1 fully saturated rings. The van der Waals surface area contributed by atoms with E-state index in [0.29, 0.717) is 18.7 Å². The van der Waals surface area contributed by atoms with Gasteiger partial charge in [0, 0.05) is 31.2 Å². The summed E-state index contributed by atoms with van der Waals surface area (Å²) in [6.45, 7) is 1.30. The first-order chi connectivity index (χ1) is 12.0. The van der Waals surface area contributed by atoms with E-state index in [1.54, 1.807) is 17.0 Å². The molecule has 0 bridgehead atoms. The van der Waals surface area contributed by atoms with Crippen molar-refractivity contribution in [2.24, 2.45) is 5.73 Å². The maximum Gasteiger partial charge on any atom is 0.253 e. The largest absolute Gasteiger partial charge is 0.337 e. The van der Waals surface area contributed by atoms with Gasteiger partial charge in [0.05, 0.1) is 4.90 Å². The standard InChI is InChI=1S/C18H21N3O3S.ClH/c19-16-9-10-21(13-16)18(22)15-7-4-8-17(11-15)25(23,24)20-12-14-5-2-1-3-6-14;/h1-8,11,16,20H,9-10,12-13,19H2;1H/t16-;/m1./s1. The summed E-state index contributed by atoms with van der Waals surface area (Å²) < 4.78 is 27.6. The summed E-state index contributed by atoms with van der Waals surface area (Å²) in [4.78, 5) is 14.2. The van der Waals surface area contributed by atoms with Gasteiger partial charge in [-0.15, -0.1) is 12.4 Å². The number of hydrogen-bond acceptors (Lipinski definition) is 4. The van der Waals surface area contributed by atoms with E-state index in [1.165, 1.54) is 12.1 Å². The second kappa shape index (κ2) is 8.64. The van der Waals surface area contributed by atoms with Crippen LogP contribution in [0.3, 0.4) is 0 Å². The van der Waals surface area contributed by atoms with Crippen LogP contribution >= 0.6 is 12.4 Å². The van der Waals surface area contributed by atoms with E-state index in [9.17, 15) is 13.2 Å². The highest BCUT2D eigenvalue weighted by Crippen LogP contribution is 2.16. The van der Waals surface area contributed by atoms with Crippen molar-refractivity contribution in [2.75, 3.05) is 13.1 Å². The first kappa shape index (κ1) is 20.4. The quantitative estimate of drug-likeness (QED) is 0.806. The van der Waals surface area contributed by atoms with E-state index in [0.717, 1.165) is 12.0 Å². The molecule has 0 unspecified atom stereocenters. The van der Waals surface area contributed by atoms with Crippen molar-refractivity contribution in [1.29, 1.82) is 0 Å². The lowest BCUT2D eigenvalue weighted by Crippen LogP contribution is -2.32. The molecular weight excluding hydrogens is 374 g/mol. The summed E-state index contributed by atoms with van der Waals surface area (Å²) in [6.07, 6.45) is 0.766.